The molecule has 76 valence electrons. The van der Waals surface area contributed by atoms with E-state index in [4.69, 9.17) is 5.11 Å². The third-order valence-corrected chi connectivity index (χ3v) is 2.69. The van der Waals surface area contributed by atoms with E-state index in [0.717, 1.165) is 12.0 Å². The van der Waals surface area contributed by atoms with Crippen molar-refractivity contribution in [1.29, 1.82) is 0 Å². The van der Waals surface area contributed by atoms with E-state index in [9.17, 15) is 4.79 Å². The van der Waals surface area contributed by atoms with Gasteiger partial charge in [-0.3, -0.25) is 9.48 Å². The second-order valence-electron chi connectivity index (χ2n) is 4.13. The summed E-state index contributed by atoms with van der Waals surface area (Å²) < 4.78 is 1.87. The molecule has 1 aliphatic rings. The van der Waals surface area contributed by atoms with Crippen molar-refractivity contribution in [1.82, 2.24) is 9.78 Å². The zero-order valence-corrected chi connectivity index (χ0v) is 8.34. The van der Waals surface area contributed by atoms with Crippen molar-refractivity contribution in [2.24, 2.45) is 5.92 Å². The Labute approximate surface area is 82.5 Å². The number of carbonyl (C=O) groups is 1. The molecule has 1 saturated carbocycles. The molecule has 14 heavy (non-hydrogen) atoms. The molecule has 2 rings (SSSR count). The third-order valence-electron chi connectivity index (χ3n) is 2.69. The minimum absolute atomic E-state index is 0.181. The molecule has 0 amide bonds. The Morgan fingerprint density at radius 3 is 2.86 bits per heavy atom. The van der Waals surface area contributed by atoms with Crippen LogP contribution in [0.5, 0.6) is 0 Å². The van der Waals surface area contributed by atoms with Crippen molar-refractivity contribution in [2.75, 3.05) is 0 Å². The van der Waals surface area contributed by atoms with E-state index in [1.165, 1.54) is 0 Å². The van der Waals surface area contributed by atoms with Crippen LogP contribution in [0.4, 0.5) is 0 Å². The lowest BCUT2D eigenvalue weighted by Gasteiger charge is -2.02. The molecule has 0 bridgehead atoms. The van der Waals surface area contributed by atoms with Crippen molar-refractivity contribution in [3.63, 3.8) is 0 Å². The van der Waals surface area contributed by atoms with Crippen LogP contribution in [-0.4, -0.2) is 20.9 Å². The summed E-state index contributed by atoms with van der Waals surface area (Å²) in [5.41, 5.74) is 1.06. The van der Waals surface area contributed by atoms with Gasteiger partial charge in [0.2, 0.25) is 0 Å². The predicted molar refractivity (Wildman–Crippen MR) is 51.1 cm³/mol. The highest BCUT2D eigenvalue weighted by atomic mass is 16.4. The summed E-state index contributed by atoms with van der Waals surface area (Å²) in [4.78, 5) is 10.7. The molecule has 1 N–H and O–H groups in total. The largest absolute Gasteiger partial charge is 0.481 e. The van der Waals surface area contributed by atoms with Gasteiger partial charge in [-0.05, 0) is 25.8 Å². The Morgan fingerprint density at radius 1 is 1.71 bits per heavy atom. The number of hydrogen-bond acceptors (Lipinski definition) is 2. The predicted octanol–water partition coefficient (Wildman–Crippen LogP) is 1.65. The van der Waals surface area contributed by atoms with E-state index >= 15 is 0 Å². The highest BCUT2D eigenvalue weighted by molar-refractivity contribution is 5.75. The fourth-order valence-corrected chi connectivity index (χ4v) is 1.66. The van der Waals surface area contributed by atoms with Gasteiger partial charge in [-0.1, -0.05) is 0 Å². The van der Waals surface area contributed by atoms with Gasteiger partial charge >= 0.3 is 5.97 Å². The van der Waals surface area contributed by atoms with E-state index in [2.05, 4.69) is 18.9 Å². The number of hydrogen-bond donors (Lipinski definition) is 1. The number of carboxylic acids is 1. The standard InChI is InChI=1S/C10H14N2O2/c1-6(2)12-5-7(4-11-12)8-3-9(8)10(13)14/h4-6,8-9H,3H2,1-2H3,(H,13,14)/t8-,9+/m0/s1. The molecule has 0 spiro atoms. The van der Waals surface area contributed by atoms with Crippen LogP contribution in [0.25, 0.3) is 0 Å². The van der Waals surface area contributed by atoms with Crippen LogP contribution >= 0.6 is 0 Å². The van der Waals surface area contributed by atoms with E-state index in [1.807, 2.05) is 10.9 Å². The Bertz CT molecular complexity index is 357. The van der Waals surface area contributed by atoms with E-state index in [-0.39, 0.29) is 11.8 Å². The van der Waals surface area contributed by atoms with Crippen LogP contribution < -0.4 is 0 Å². The average molecular weight is 194 g/mol. The van der Waals surface area contributed by atoms with Gasteiger partial charge in [-0.2, -0.15) is 5.10 Å². The first-order valence-corrected chi connectivity index (χ1v) is 4.86. The Balaban J connectivity index is 2.09. The number of aliphatic carboxylic acids is 1. The summed E-state index contributed by atoms with van der Waals surface area (Å²) in [6, 6.07) is 0.339. The minimum atomic E-state index is -0.688. The smallest absolute Gasteiger partial charge is 0.307 e. The van der Waals surface area contributed by atoms with Gasteiger partial charge in [0.1, 0.15) is 0 Å². The molecule has 0 radical (unpaired) electrons. The van der Waals surface area contributed by atoms with Gasteiger partial charge in [0.15, 0.2) is 0 Å². The lowest BCUT2D eigenvalue weighted by atomic mass is 10.2. The fraction of sp³-hybridized carbons (Fsp3) is 0.600. The Kier molecular flexibility index (Phi) is 2.06. The molecular weight excluding hydrogens is 180 g/mol. The first-order valence-electron chi connectivity index (χ1n) is 4.86. The highest BCUT2D eigenvalue weighted by Gasteiger charge is 2.44. The Hall–Kier alpha value is -1.32. The summed E-state index contributed by atoms with van der Waals surface area (Å²) in [6.45, 7) is 4.11. The van der Waals surface area contributed by atoms with Crippen LogP contribution in [0, 0.1) is 5.92 Å². The maximum atomic E-state index is 10.7. The molecule has 1 fully saturated rings. The highest BCUT2D eigenvalue weighted by Crippen LogP contribution is 2.47. The van der Waals surface area contributed by atoms with Crippen LogP contribution in [-0.2, 0) is 4.79 Å². The van der Waals surface area contributed by atoms with Gasteiger partial charge in [0.05, 0.1) is 12.1 Å². The number of rotatable bonds is 3. The van der Waals surface area contributed by atoms with Gasteiger partial charge in [0, 0.05) is 18.2 Å². The van der Waals surface area contributed by atoms with Crippen molar-refractivity contribution in [3.8, 4) is 0 Å². The third kappa shape index (κ3) is 1.52. The molecule has 0 aliphatic heterocycles. The molecule has 4 heteroatoms. The fourth-order valence-electron chi connectivity index (χ4n) is 1.66. The SMILES string of the molecule is CC(C)n1cc([C@@H]2C[C@H]2C(=O)O)cn1. The van der Waals surface area contributed by atoms with E-state index < -0.39 is 5.97 Å². The maximum absolute atomic E-state index is 10.7. The average Bonchev–Trinajstić information content (AvgIpc) is 2.76. The summed E-state index contributed by atoms with van der Waals surface area (Å²) in [5, 5.41) is 13.0. The first kappa shape index (κ1) is 9.24. The molecule has 0 aromatic carbocycles. The lowest BCUT2D eigenvalue weighted by Crippen LogP contribution is -2.00. The minimum Gasteiger partial charge on any atom is -0.481 e. The van der Waals surface area contributed by atoms with Crippen molar-refractivity contribution < 1.29 is 9.90 Å². The van der Waals surface area contributed by atoms with E-state index in [1.54, 1.807) is 6.20 Å². The summed E-state index contributed by atoms with van der Waals surface area (Å²) >= 11 is 0. The zero-order valence-electron chi connectivity index (χ0n) is 8.34. The molecule has 4 nitrogen and oxygen atoms in total. The molecule has 2 atom stereocenters. The first-order chi connectivity index (χ1) is 6.59. The van der Waals surface area contributed by atoms with E-state index in [0.29, 0.717) is 6.04 Å². The molecular formula is C10H14N2O2. The molecule has 1 aliphatic carbocycles. The monoisotopic (exact) mass is 194 g/mol. The second-order valence-corrected chi connectivity index (χ2v) is 4.13. The maximum Gasteiger partial charge on any atom is 0.307 e. The van der Waals surface area contributed by atoms with Crippen LogP contribution in [0.3, 0.4) is 0 Å². The van der Waals surface area contributed by atoms with Crippen LogP contribution in [0.1, 0.15) is 37.8 Å². The molecule has 1 aromatic heterocycles. The molecule has 1 heterocycles. The summed E-state index contributed by atoms with van der Waals surface area (Å²) in [6.07, 6.45) is 4.50. The quantitative estimate of drug-likeness (QED) is 0.796. The van der Waals surface area contributed by atoms with Crippen molar-refractivity contribution >= 4 is 5.97 Å². The van der Waals surface area contributed by atoms with Gasteiger partial charge in [0.25, 0.3) is 0 Å². The number of carboxylic acid groups (broad SMARTS) is 1. The lowest BCUT2D eigenvalue weighted by molar-refractivity contribution is -0.138. The second kappa shape index (κ2) is 3.12. The number of nitrogens with zero attached hydrogens (tertiary/aromatic N) is 2. The molecule has 0 saturated heterocycles. The van der Waals surface area contributed by atoms with Crippen molar-refractivity contribution in [3.05, 3.63) is 18.0 Å². The normalized spacial score (nSPS) is 25.4. The summed E-state index contributed by atoms with van der Waals surface area (Å²) in [7, 11) is 0. The Morgan fingerprint density at radius 2 is 2.43 bits per heavy atom. The summed E-state index contributed by atoms with van der Waals surface area (Å²) in [5.74, 6) is -0.674. The van der Waals surface area contributed by atoms with Crippen molar-refractivity contribution in [2.45, 2.75) is 32.2 Å². The van der Waals surface area contributed by atoms with Crippen LogP contribution in [0.2, 0.25) is 0 Å². The topological polar surface area (TPSA) is 55.1 Å². The molecule has 0 unspecified atom stereocenters. The van der Waals surface area contributed by atoms with Gasteiger partial charge in [-0.15, -0.1) is 0 Å². The van der Waals surface area contributed by atoms with Gasteiger partial charge in [-0.25, -0.2) is 0 Å². The van der Waals surface area contributed by atoms with Crippen LogP contribution in [0.15, 0.2) is 12.4 Å². The molecule has 1 aromatic rings. The zero-order chi connectivity index (χ0) is 10.3. The number of aromatic nitrogens is 2. The van der Waals surface area contributed by atoms with Gasteiger partial charge < -0.3 is 5.11 Å².